The van der Waals surface area contributed by atoms with Crippen molar-refractivity contribution < 1.29 is 9.53 Å². The summed E-state index contributed by atoms with van der Waals surface area (Å²) in [6.45, 7) is 0. The van der Waals surface area contributed by atoms with Crippen molar-refractivity contribution in [2.24, 2.45) is 0 Å². The lowest BCUT2D eigenvalue weighted by Crippen LogP contribution is -2.27. The summed E-state index contributed by atoms with van der Waals surface area (Å²) in [5, 5.41) is -0.0330. The number of carbonyl (C=O) groups is 1. The minimum absolute atomic E-state index is 0.0330. The van der Waals surface area contributed by atoms with Crippen LogP contribution in [-0.2, 0) is 4.79 Å². The van der Waals surface area contributed by atoms with Gasteiger partial charge >= 0.3 is 0 Å². The zero-order valence-corrected chi connectivity index (χ0v) is 12.5. The molecule has 0 saturated carbocycles. The normalized spacial score (nSPS) is 18.0. The van der Waals surface area contributed by atoms with Gasteiger partial charge in [0.1, 0.15) is 11.1 Å². The van der Waals surface area contributed by atoms with Crippen LogP contribution in [0.5, 0.6) is 5.75 Å². The maximum Gasteiger partial charge on any atom is 0.238 e. The Labute approximate surface area is 127 Å². The smallest absolute Gasteiger partial charge is 0.238 e. The lowest BCUT2D eigenvalue weighted by Gasteiger charge is -2.24. The van der Waals surface area contributed by atoms with E-state index in [1.807, 2.05) is 53.4 Å². The highest BCUT2D eigenvalue weighted by Crippen LogP contribution is 2.42. The van der Waals surface area contributed by atoms with Crippen LogP contribution < -0.4 is 15.4 Å². The van der Waals surface area contributed by atoms with Gasteiger partial charge in [-0.15, -0.1) is 11.8 Å². The summed E-state index contributed by atoms with van der Waals surface area (Å²) in [5.74, 6) is 1.36. The number of nitrogens with zero attached hydrogens (tertiary/aromatic N) is 1. The number of thioether (sulfide) groups is 1. The number of anilines is 2. The Morgan fingerprint density at radius 1 is 1.24 bits per heavy atom. The SMILES string of the molecule is COc1ccc(N2C(=O)CS[C@H]2c2cccc(N)c2)cc1. The minimum atomic E-state index is -0.0330. The molecule has 1 aliphatic rings. The zero-order valence-electron chi connectivity index (χ0n) is 11.7. The number of ether oxygens (including phenoxy) is 1. The van der Waals surface area contributed by atoms with Crippen molar-refractivity contribution in [3.63, 3.8) is 0 Å². The van der Waals surface area contributed by atoms with E-state index in [4.69, 9.17) is 10.5 Å². The largest absolute Gasteiger partial charge is 0.497 e. The van der Waals surface area contributed by atoms with Crippen LogP contribution >= 0.6 is 11.8 Å². The van der Waals surface area contributed by atoms with Gasteiger partial charge in [-0.3, -0.25) is 9.69 Å². The van der Waals surface area contributed by atoms with Gasteiger partial charge < -0.3 is 10.5 Å². The number of rotatable bonds is 3. The zero-order chi connectivity index (χ0) is 14.8. The second kappa shape index (κ2) is 5.69. The fraction of sp³-hybridized carbons (Fsp3) is 0.188. The van der Waals surface area contributed by atoms with E-state index >= 15 is 0 Å². The van der Waals surface area contributed by atoms with Crippen LogP contribution in [0.3, 0.4) is 0 Å². The Kier molecular flexibility index (Phi) is 3.75. The summed E-state index contributed by atoms with van der Waals surface area (Å²) in [6.07, 6.45) is 0. The highest BCUT2D eigenvalue weighted by Gasteiger charge is 2.34. The summed E-state index contributed by atoms with van der Waals surface area (Å²) < 4.78 is 5.16. The van der Waals surface area contributed by atoms with Crippen LogP contribution in [0, 0.1) is 0 Å². The molecule has 0 bridgehead atoms. The molecular formula is C16H16N2O2S. The molecular weight excluding hydrogens is 284 g/mol. The van der Waals surface area contributed by atoms with Gasteiger partial charge in [-0.1, -0.05) is 12.1 Å². The van der Waals surface area contributed by atoms with Gasteiger partial charge in [-0.25, -0.2) is 0 Å². The molecule has 4 nitrogen and oxygen atoms in total. The molecule has 108 valence electrons. The number of hydrogen-bond acceptors (Lipinski definition) is 4. The molecule has 0 spiro atoms. The first kappa shape index (κ1) is 13.8. The number of methoxy groups -OCH3 is 1. The summed E-state index contributed by atoms with van der Waals surface area (Å²) in [5.41, 5.74) is 8.48. The van der Waals surface area contributed by atoms with Crippen LogP contribution in [0.1, 0.15) is 10.9 Å². The van der Waals surface area contributed by atoms with E-state index < -0.39 is 0 Å². The number of amides is 1. The van der Waals surface area contributed by atoms with Gasteiger partial charge in [0.15, 0.2) is 0 Å². The molecule has 2 aromatic carbocycles. The minimum Gasteiger partial charge on any atom is -0.497 e. The number of nitrogen functional groups attached to an aromatic ring is 1. The van der Waals surface area contributed by atoms with Gasteiger partial charge in [-0.05, 0) is 42.0 Å². The number of benzene rings is 2. The molecule has 1 heterocycles. The molecule has 2 N–H and O–H groups in total. The summed E-state index contributed by atoms with van der Waals surface area (Å²) >= 11 is 1.61. The molecule has 1 fully saturated rings. The molecule has 2 aromatic rings. The van der Waals surface area contributed by atoms with E-state index in [2.05, 4.69) is 0 Å². The molecule has 0 radical (unpaired) electrons. The fourth-order valence-electron chi connectivity index (χ4n) is 2.41. The second-order valence-electron chi connectivity index (χ2n) is 4.80. The first-order valence-corrected chi connectivity index (χ1v) is 7.67. The van der Waals surface area contributed by atoms with Gasteiger partial charge in [0, 0.05) is 11.4 Å². The fourth-order valence-corrected chi connectivity index (χ4v) is 3.57. The summed E-state index contributed by atoms with van der Waals surface area (Å²) in [7, 11) is 1.63. The van der Waals surface area contributed by atoms with Crippen molar-refractivity contribution in [1.82, 2.24) is 0 Å². The lowest BCUT2D eigenvalue weighted by molar-refractivity contribution is -0.115. The van der Waals surface area contributed by atoms with Crippen molar-refractivity contribution in [2.75, 3.05) is 23.5 Å². The Morgan fingerprint density at radius 3 is 2.67 bits per heavy atom. The number of carbonyl (C=O) groups excluding carboxylic acids is 1. The Bertz CT molecular complexity index is 658. The van der Waals surface area contributed by atoms with E-state index in [9.17, 15) is 4.79 Å². The van der Waals surface area contributed by atoms with Crippen molar-refractivity contribution >= 4 is 29.0 Å². The van der Waals surface area contributed by atoms with Crippen LogP contribution in [0.15, 0.2) is 48.5 Å². The van der Waals surface area contributed by atoms with Crippen LogP contribution in [0.25, 0.3) is 0 Å². The molecule has 5 heteroatoms. The third-order valence-corrected chi connectivity index (χ3v) is 4.63. The molecule has 21 heavy (non-hydrogen) atoms. The topological polar surface area (TPSA) is 55.6 Å². The Morgan fingerprint density at radius 2 is 2.00 bits per heavy atom. The van der Waals surface area contributed by atoms with E-state index in [0.29, 0.717) is 11.4 Å². The maximum atomic E-state index is 12.2. The predicted octanol–water partition coefficient (Wildman–Crippen LogP) is 3.06. The van der Waals surface area contributed by atoms with Gasteiger partial charge in [-0.2, -0.15) is 0 Å². The Balaban J connectivity index is 1.95. The molecule has 3 rings (SSSR count). The number of hydrogen-bond donors (Lipinski definition) is 1. The summed E-state index contributed by atoms with van der Waals surface area (Å²) in [4.78, 5) is 14.1. The summed E-state index contributed by atoms with van der Waals surface area (Å²) in [6, 6.07) is 15.2. The molecule has 0 aliphatic carbocycles. The lowest BCUT2D eigenvalue weighted by atomic mass is 10.1. The van der Waals surface area contributed by atoms with Gasteiger partial charge in [0.2, 0.25) is 5.91 Å². The molecule has 1 atom stereocenters. The van der Waals surface area contributed by atoms with Crippen molar-refractivity contribution in [3.05, 3.63) is 54.1 Å². The number of nitrogens with two attached hydrogens (primary N) is 1. The average Bonchev–Trinajstić information content (AvgIpc) is 2.89. The molecule has 0 unspecified atom stereocenters. The third kappa shape index (κ3) is 2.69. The first-order valence-electron chi connectivity index (χ1n) is 6.62. The third-order valence-electron chi connectivity index (χ3n) is 3.41. The molecule has 1 amide bonds. The van der Waals surface area contributed by atoms with Crippen molar-refractivity contribution in [1.29, 1.82) is 0 Å². The quantitative estimate of drug-likeness (QED) is 0.885. The van der Waals surface area contributed by atoms with Crippen molar-refractivity contribution in [2.45, 2.75) is 5.37 Å². The highest BCUT2D eigenvalue weighted by molar-refractivity contribution is 8.00. The van der Waals surface area contributed by atoms with Gasteiger partial charge in [0.05, 0.1) is 12.9 Å². The Hall–Kier alpha value is -2.14. The van der Waals surface area contributed by atoms with Crippen LogP contribution in [-0.4, -0.2) is 18.8 Å². The van der Waals surface area contributed by atoms with E-state index in [1.54, 1.807) is 18.9 Å². The molecule has 1 aliphatic heterocycles. The highest BCUT2D eigenvalue weighted by atomic mass is 32.2. The van der Waals surface area contributed by atoms with Crippen LogP contribution in [0.2, 0.25) is 0 Å². The van der Waals surface area contributed by atoms with Crippen molar-refractivity contribution in [3.8, 4) is 5.75 Å². The standard InChI is InChI=1S/C16H16N2O2S/c1-20-14-7-5-13(6-8-14)18-15(19)10-21-16(18)11-3-2-4-12(17)9-11/h2-9,16H,10,17H2,1H3/t16-/m0/s1. The molecule has 1 saturated heterocycles. The first-order chi connectivity index (χ1) is 10.2. The van der Waals surface area contributed by atoms with E-state index in [1.165, 1.54) is 0 Å². The van der Waals surface area contributed by atoms with E-state index in [-0.39, 0.29) is 11.3 Å². The monoisotopic (exact) mass is 300 g/mol. The average molecular weight is 300 g/mol. The van der Waals surface area contributed by atoms with E-state index in [0.717, 1.165) is 17.0 Å². The van der Waals surface area contributed by atoms with Crippen LogP contribution in [0.4, 0.5) is 11.4 Å². The second-order valence-corrected chi connectivity index (χ2v) is 5.86. The maximum absolute atomic E-state index is 12.2. The molecule has 0 aromatic heterocycles. The van der Waals surface area contributed by atoms with Gasteiger partial charge in [0.25, 0.3) is 0 Å². The predicted molar refractivity (Wildman–Crippen MR) is 86.5 cm³/mol.